The number of aromatic nitrogens is 4. The van der Waals surface area contributed by atoms with Crippen molar-refractivity contribution in [2.75, 3.05) is 5.32 Å². The molecule has 0 unspecified atom stereocenters. The van der Waals surface area contributed by atoms with E-state index in [9.17, 15) is 0 Å². The van der Waals surface area contributed by atoms with E-state index in [1.807, 2.05) is 55.2 Å². The molecule has 136 valence electrons. The lowest BCUT2D eigenvalue weighted by Gasteiger charge is -2.06. The topological polar surface area (TPSA) is 119 Å². The van der Waals surface area contributed by atoms with Gasteiger partial charge < -0.3 is 5.32 Å². The third-order valence-corrected chi connectivity index (χ3v) is 4.12. The maximum Gasteiger partial charge on any atom is 0.163 e. The predicted molar refractivity (Wildman–Crippen MR) is 103 cm³/mol. The zero-order chi connectivity index (χ0) is 20.1. The van der Waals surface area contributed by atoms with E-state index in [0.29, 0.717) is 5.69 Å². The van der Waals surface area contributed by atoms with Gasteiger partial charge in [0, 0.05) is 30.2 Å². The largest absolute Gasteiger partial charge is 0.345 e. The van der Waals surface area contributed by atoms with Crippen molar-refractivity contribution in [2.45, 2.75) is 20.4 Å². The summed E-state index contributed by atoms with van der Waals surface area (Å²) in [5, 5.41) is 38.7. The molecule has 0 radical (unpaired) electrons. The first kappa shape index (κ1) is 18.4. The number of nitrogens with one attached hydrogen (secondary N) is 1. The van der Waals surface area contributed by atoms with Crippen molar-refractivity contribution < 1.29 is 0 Å². The minimum atomic E-state index is -0.258. The minimum Gasteiger partial charge on any atom is -0.345 e. The SMILES string of the molecule is CCn1cc(-c2ccn(-c3ccc(NC(C#N)=C(C#N)C#N)cc3)n2)c(C)n1. The van der Waals surface area contributed by atoms with Crippen molar-refractivity contribution in [3.05, 3.63) is 59.7 Å². The first-order valence-corrected chi connectivity index (χ1v) is 8.51. The smallest absolute Gasteiger partial charge is 0.163 e. The summed E-state index contributed by atoms with van der Waals surface area (Å²) in [5.74, 6) is 0. The standard InChI is InChI=1S/C20H16N8/c1-3-27-13-18(14(2)25-27)19-8-9-28(26-19)17-6-4-16(5-7-17)24-20(12-23)15(10-21)11-22/h4-9,13,24H,3H2,1-2H3. The number of benzene rings is 1. The van der Waals surface area contributed by atoms with Crippen LogP contribution in [-0.4, -0.2) is 19.6 Å². The molecule has 0 saturated carbocycles. The number of hydrogen-bond donors (Lipinski definition) is 1. The van der Waals surface area contributed by atoms with Crippen LogP contribution < -0.4 is 5.32 Å². The average molecular weight is 368 g/mol. The lowest BCUT2D eigenvalue weighted by atomic mass is 10.2. The van der Waals surface area contributed by atoms with Gasteiger partial charge in [-0.05, 0) is 44.2 Å². The number of hydrogen-bond acceptors (Lipinski definition) is 6. The van der Waals surface area contributed by atoms with E-state index >= 15 is 0 Å². The highest BCUT2D eigenvalue weighted by Gasteiger charge is 2.11. The second-order valence-corrected chi connectivity index (χ2v) is 5.89. The van der Waals surface area contributed by atoms with Crippen LogP contribution >= 0.6 is 0 Å². The van der Waals surface area contributed by atoms with Gasteiger partial charge in [-0.3, -0.25) is 4.68 Å². The number of rotatable bonds is 5. The Hall–Kier alpha value is -4.35. The molecular weight excluding hydrogens is 352 g/mol. The molecule has 0 aliphatic rings. The first-order valence-electron chi connectivity index (χ1n) is 8.51. The van der Waals surface area contributed by atoms with Crippen LogP contribution in [-0.2, 0) is 6.54 Å². The van der Waals surface area contributed by atoms with E-state index < -0.39 is 0 Å². The Morgan fingerprint density at radius 2 is 1.75 bits per heavy atom. The van der Waals surface area contributed by atoms with Crippen LogP contribution in [0, 0.1) is 40.9 Å². The molecule has 1 aromatic carbocycles. The molecule has 0 saturated heterocycles. The lowest BCUT2D eigenvalue weighted by molar-refractivity contribution is 0.653. The van der Waals surface area contributed by atoms with Gasteiger partial charge in [-0.25, -0.2) is 4.68 Å². The summed E-state index contributed by atoms with van der Waals surface area (Å²) in [6.45, 7) is 4.79. The van der Waals surface area contributed by atoms with E-state index in [-0.39, 0.29) is 11.3 Å². The number of aryl methyl sites for hydroxylation is 2. The fourth-order valence-corrected chi connectivity index (χ4v) is 2.67. The van der Waals surface area contributed by atoms with Crippen molar-refractivity contribution in [3.63, 3.8) is 0 Å². The molecule has 8 nitrogen and oxygen atoms in total. The fraction of sp³-hybridized carbons (Fsp3) is 0.150. The van der Waals surface area contributed by atoms with Crippen molar-refractivity contribution in [1.82, 2.24) is 19.6 Å². The van der Waals surface area contributed by atoms with Crippen molar-refractivity contribution in [1.29, 1.82) is 15.8 Å². The lowest BCUT2D eigenvalue weighted by Crippen LogP contribution is -2.01. The van der Waals surface area contributed by atoms with Gasteiger partial charge in [0.15, 0.2) is 5.57 Å². The average Bonchev–Trinajstić information content (AvgIpc) is 3.35. The number of allylic oxidation sites excluding steroid dienone is 2. The Balaban J connectivity index is 1.83. The first-order chi connectivity index (χ1) is 13.6. The Morgan fingerprint density at radius 3 is 2.32 bits per heavy atom. The van der Waals surface area contributed by atoms with Crippen LogP contribution in [0.2, 0.25) is 0 Å². The fourth-order valence-electron chi connectivity index (χ4n) is 2.67. The Kier molecular flexibility index (Phi) is 5.21. The van der Waals surface area contributed by atoms with Crippen LogP contribution in [0.3, 0.4) is 0 Å². The molecule has 28 heavy (non-hydrogen) atoms. The molecule has 0 atom stereocenters. The van der Waals surface area contributed by atoms with Gasteiger partial charge in [0.25, 0.3) is 0 Å². The van der Waals surface area contributed by atoms with E-state index in [2.05, 4.69) is 15.5 Å². The molecular formula is C20H16N8. The molecule has 2 heterocycles. The Labute approximate surface area is 162 Å². The molecule has 8 heteroatoms. The molecule has 3 aromatic rings. The minimum absolute atomic E-state index is 0.0810. The van der Waals surface area contributed by atoms with Gasteiger partial charge >= 0.3 is 0 Å². The molecule has 0 fully saturated rings. The van der Waals surface area contributed by atoms with Gasteiger partial charge in [0.2, 0.25) is 0 Å². The van der Waals surface area contributed by atoms with E-state index in [0.717, 1.165) is 29.2 Å². The number of nitriles is 3. The van der Waals surface area contributed by atoms with Gasteiger partial charge in [-0.1, -0.05) is 0 Å². The quantitative estimate of drug-likeness (QED) is 0.690. The van der Waals surface area contributed by atoms with Crippen LogP contribution in [0.1, 0.15) is 12.6 Å². The van der Waals surface area contributed by atoms with E-state index in [4.69, 9.17) is 15.8 Å². The Morgan fingerprint density at radius 1 is 1.04 bits per heavy atom. The van der Waals surface area contributed by atoms with Crippen molar-refractivity contribution in [2.24, 2.45) is 0 Å². The van der Waals surface area contributed by atoms with Crippen LogP contribution in [0.15, 0.2) is 54.0 Å². The summed E-state index contributed by atoms with van der Waals surface area (Å²) < 4.78 is 3.63. The molecule has 0 bridgehead atoms. The third kappa shape index (κ3) is 3.60. The molecule has 0 aliphatic heterocycles. The zero-order valence-electron chi connectivity index (χ0n) is 15.4. The highest BCUT2D eigenvalue weighted by atomic mass is 15.3. The third-order valence-electron chi connectivity index (χ3n) is 4.12. The number of anilines is 1. The zero-order valence-corrected chi connectivity index (χ0v) is 15.4. The van der Waals surface area contributed by atoms with Crippen LogP contribution in [0.25, 0.3) is 16.9 Å². The second kappa shape index (κ2) is 7.90. The van der Waals surface area contributed by atoms with Crippen LogP contribution in [0.4, 0.5) is 5.69 Å². The summed E-state index contributed by atoms with van der Waals surface area (Å²) in [4.78, 5) is 0. The van der Waals surface area contributed by atoms with E-state index in [1.54, 1.807) is 29.0 Å². The molecule has 0 amide bonds. The molecule has 1 N–H and O–H groups in total. The maximum absolute atomic E-state index is 9.11. The predicted octanol–water partition coefficient (Wildman–Crippen LogP) is 3.30. The molecule has 0 aliphatic carbocycles. The molecule has 3 rings (SSSR count). The summed E-state index contributed by atoms with van der Waals surface area (Å²) >= 11 is 0. The van der Waals surface area contributed by atoms with Gasteiger partial charge in [-0.2, -0.15) is 26.0 Å². The molecule has 2 aromatic heterocycles. The second-order valence-electron chi connectivity index (χ2n) is 5.89. The maximum atomic E-state index is 9.11. The van der Waals surface area contributed by atoms with E-state index in [1.165, 1.54) is 0 Å². The van der Waals surface area contributed by atoms with Gasteiger partial charge in [-0.15, -0.1) is 0 Å². The summed E-state index contributed by atoms with van der Waals surface area (Å²) in [7, 11) is 0. The summed E-state index contributed by atoms with van der Waals surface area (Å²) in [5.41, 5.74) is 3.84. The monoisotopic (exact) mass is 368 g/mol. The van der Waals surface area contributed by atoms with Crippen molar-refractivity contribution >= 4 is 5.69 Å². The van der Waals surface area contributed by atoms with Crippen LogP contribution in [0.5, 0.6) is 0 Å². The van der Waals surface area contributed by atoms with Gasteiger partial charge in [0.1, 0.15) is 23.9 Å². The van der Waals surface area contributed by atoms with Crippen molar-refractivity contribution in [3.8, 4) is 35.2 Å². The number of nitrogens with zero attached hydrogens (tertiary/aromatic N) is 7. The highest BCUT2D eigenvalue weighted by Crippen LogP contribution is 2.22. The summed E-state index contributed by atoms with van der Waals surface area (Å²) in [6, 6.07) is 14.3. The van der Waals surface area contributed by atoms with Gasteiger partial charge in [0.05, 0.1) is 17.1 Å². The summed E-state index contributed by atoms with van der Waals surface area (Å²) in [6.07, 6.45) is 3.84. The Bertz CT molecular complexity index is 1140. The molecule has 0 spiro atoms. The highest BCUT2D eigenvalue weighted by molar-refractivity contribution is 5.62. The normalized spacial score (nSPS) is 9.82.